The van der Waals surface area contributed by atoms with Crippen molar-refractivity contribution in [2.75, 3.05) is 54.1 Å². The van der Waals surface area contributed by atoms with E-state index in [1.807, 2.05) is 43.0 Å². The van der Waals surface area contributed by atoms with Gasteiger partial charge >= 0.3 is 0 Å². The smallest absolute Gasteiger partial charge is 0.293 e. The lowest BCUT2D eigenvalue weighted by Gasteiger charge is -2.39. The first-order chi connectivity index (χ1) is 29.3. The first-order valence-corrected chi connectivity index (χ1v) is 23.6. The van der Waals surface area contributed by atoms with Gasteiger partial charge in [-0.15, -0.1) is 11.3 Å². The molecule has 2 N–H and O–H groups in total. The first-order valence-electron chi connectivity index (χ1n) is 21.1. The summed E-state index contributed by atoms with van der Waals surface area (Å²) in [5.74, 6) is -0.319. The number of nitrogens with zero attached hydrogens (tertiary/aromatic N) is 6. The summed E-state index contributed by atoms with van der Waals surface area (Å²) in [7, 11) is 5.39. The summed E-state index contributed by atoms with van der Waals surface area (Å²) in [6, 6.07) is 9.70. The molecule has 3 atom stereocenters. The third kappa shape index (κ3) is 11.3. The van der Waals surface area contributed by atoms with Gasteiger partial charge in [-0.25, -0.2) is 14.7 Å². The van der Waals surface area contributed by atoms with Crippen LogP contribution in [0.25, 0.3) is 33.4 Å². The summed E-state index contributed by atoms with van der Waals surface area (Å²) in [4.78, 5) is 49.4. The van der Waals surface area contributed by atoms with Gasteiger partial charge < -0.3 is 24.1 Å². The number of amides is 2. The molecule has 0 radical (unpaired) electrons. The Hall–Kier alpha value is -3.55. The average molecular weight is 895 g/mol. The van der Waals surface area contributed by atoms with E-state index < -0.39 is 11.3 Å². The van der Waals surface area contributed by atoms with Crippen molar-refractivity contribution < 1.29 is 28.6 Å². The number of pyridine rings is 1. The maximum Gasteiger partial charge on any atom is 0.293 e. The van der Waals surface area contributed by atoms with E-state index >= 15 is 0 Å². The molecule has 2 fully saturated rings. The number of thiazole rings is 1. The number of aryl methyl sites for hydroxylation is 1. The van der Waals surface area contributed by atoms with Crippen molar-refractivity contribution in [2.24, 2.45) is 11.3 Å². The van der Waals surface area contributed by atoms with E-state index in [9.17, 15) is 14.4 Å². The number of ether oxygens (including phenoxy) is 3. The van der Waals surface area contributed by atoms with Gasteiger partial charge in [0.2, 0.25) is 5.91 Å². The lowest BCUT2D eigenvalue weighted by atomic mass is 9.84. The molecular formula is C44H62N8O6S3. The number of hydrogen-bond acceptors (Lipinski definition) is 14. The number of hydrazine groups is 1. The van der Waals surface area contributed by atoms with Crippen LogP contribution in [0.2, 0.25) is 0 Å². The van der Waals surface area contributed by atoms with Crippen LogP contribution in [0, 0.1) is 11.3 Å². The van der Waals surface area contributed by atoms with E-state index in [1.54, 1.807) is 37.6 Å². The zero-order valence-corrected chi connectivity index (χ0v) is 39.4. The lowest BCUT2D eigenvalue weighted by molar-refractivity contribution is -0.140. The molecule has 0 spiro atoms. The fourth-order valence-corrected chi connectivity index (χ4v) is 11.0. The van der Waals surface area contributed by atoms with Gasteiger partial charge in [-0.2, -0.15) is 3.71 Å². The van der Waals surface area contributed by atoms with Gasteiger partial charge in [-0.05, 0) is 68.9 Å². The predicted molar refractivity (Wildman–Crippen MR) is 245 cm³/mol. The van der Waals surface area contributed by atoms with Gasteiger partial charge in [-0.1, -0.05) is 45.7 Å². The summed E-state index contributed by atoms with van der Waals surface area (Å²) in [5.41, 5.74) is 9.71. The summed E-state index contributed by atoms with van der Waals surface area (Å²) >= 11 is 4.54. The number of aromatic nitrogens is 3. The molecule has 2 aliphatic rings. The van der Waals surface area contributed by atoms with Gasteiger partial charge in [0.15, 0.2) is 0 Å². The standard InChI is InChI=1S/C44H62N8O6S3/c1-10-51-37-16-15-30(20-33(37)34(22-44(5,6)26-58-27-53)40(51)32-14-13-17-45-39(32)29(4)56-8)36-25-59-38(47-36)21-35(43(55)52-19-12-11-18-46-52)48-42(54)41(28(2)3)60-49(7)61-50-23-31(24-50)57-9/h13-17,20,25,27-29,31,35,41,46H,10-12,18-19,21-24,26H2,1-9H3,(H,48,54). The van der Waals surface area contributed by atoms with Crippen molar-refractivity contribution in [1.82, 2.24) is 38.3 Å². The molecule has 4 aromatic rings. The van der Waals surface area contributed by atoms with E-state index in [2.05, 4.69) is 64.7 Å². The number of carbonyl (C=O) groups excluding carboxylic acids is 3. The molecule has 2 amide bonds. The fourth-order valence-electron chi connectivity index (χ4n) is 7.90. The second-order valence-electron chi connectivity index (χ2n) is 16.9. The predicted octanol–water partition coefficient (Wildman–Crippen LogP) is 6.95. The highest BCUT2D eigenvalue weighted by atomic mass is 32.2. The monoisotopic (exact) mass is 894 g/mol. The highest BCUT2D eigenvalue weighted by molar-refractivity contribution is 8.11. The second kappa shape index (κ2) is 21.2. The van der Waals surface area contributed by atoms with Crippen LogP contribution in [0.15, 0.2) is 41.9 Å². The molecular weight excluding hydrogens is 833 g/mol. The first kappa shape index (κ1) is 46.9. The third-order valence-corrected chi connectivity index (χ3v) is 14.6. The molecule has 0 aliphatic carbocycles. The largest absolute Gasteiger partial charge is 0.467 e. The minimum Gasteiger partial charge on any atom is -0.467 e. The topological polar surface area (TPSA) is 143 Å². The molecule has 17 heteroatoms. The van der Waals surface area contributed by atoms with Crippen molar-refractivity contribution in [3.05, 3.63) is 58.2 Å². The number of nitrogens with one attached hydrogen (secondary N) is 2. The van der Waals surface area contributed by atoms with Crippen molar-refractivity contribution in [1.29, 1.82) is 0 Å². The number of benzene rings is 1. The van der Waals surface area contributed by atoms with Crippen molar-refractivity contribution >= 4 is 64.6 Å². The van der Waals surface area contributed by atoms with Gasteiger partial charge in [-0.3, -0.25) is 24.4 Å². The zero-order valence-electron chi connectivity index (χ0n) is 36.9. The van der Waals surface area contributed by atoms with Crippen LogP contribution in [0.5, 0.6) is 0 Å². The van der Waals surface area contributed by atoms with Crippen molar-refractivity contribution in [3.63, 3.8) is 0 Å². The summed E-state index contributed by atoms with van der Waals surface area (Å²) < 4.78 is 23.1. The Kier molecular flexibility index (Phi) is 16.3. The Labute approximate surface area is 373 Å². The van der Waals surface area contributed by atoms with Gasteiger partial charge in [0.25, 0.3) is 12.4 Å². The highest BCUT2D eigenvalue weighted by Gasteiger charge is 2.35. The molecule has 6 rings (SSSR count). The number of hydrogen-bond donors (Lipinski definition) is 2. The molecule has 0 bridgehead atoms. The minimum atomic E-state index is -0.802. The van der Waals surface area contributed by atoms with Crippen LogP contribution in [0.4, 0.5) is 0 Å². The summed E-state index contributed by atoms with van der Waals surface area (Å²) in [6.45, 7) is 16.9. The van der Waals surface area contributed by atoms with Crippen LogP contribution in [-0.4, -0.2) is 117 Å². The number of fused-ring (bicyclic) bond motifs is 1. The van der Waals surface area contributed by atoms with E-state index in [1.165, 1.54) is 23.3 Å². The maximum atomic E-state index is 14.2. The Morgan fingerprint density at radius 1 is 1.16 bits per heavy atom. The quantitative estimate of drug-likeness (QED) is 0.0659. The average Bonchev–Trinajstić information content (AvgIpc) is 3.84. The SMILES string of the molecule is CCn1c(-c2cccnc2C(C)OC)c(CC(C)(C)COC=O)c2cc(-c3csc(CC(NC(=O)C(SN(C)SN4CC(OC)C4)C(C)C)C(=O)N4CCCCN4)n3)ccc21. The maximum absolute atomic E-state index is 14.2. The van der Waals surface area contributed by atoms with Crippen LogP contribution in [-0.2, 0) is 48.0 Å². The van der Waals surface area contributed by atoms with Gasteiger partial charge in [0.1, 0.15) is 11.3 Å². The molecule has 5 heterocycles. The van der Waals surface area contributed by atoms with Crippen LogP contribution in [0.1, 0.15) is 76.8 Å². The second-order valence-corrected chi connectivity index (χ2v) is 20.5. The number of rotatable bonds is 21. The Morgan fingerprint density at radius 2 is 1.95 bits per heavy atom. The van der Waals surface area contributed by atoms with Gasteiger partial charge in [0, 0.05) is 112 Å². The van der Waals surface area contributed by atoms with E-state index in [-0.39, 0.29) is 48.4 Å². The van der Waals surface area contributed by atoms with Crippen LogP contribution >= 0.6 is 35.4 Å². The molecule has 2 saturated heterocycles. The fraction of sp³-hybridized carbons (Fsp3) is 0.568. The Bertz CT molecular complexity index is 2120. The number of carbonyl (C=O) groups is 3. The zero-order chi connectivity index (χ0) is 43.8. The van der Waals surface area contributed by atoms with Gasteiger partial charge in [0.05, 0.1) is 40.9 Å². The number of methoxy groups -OCH3 is 2. The summed E-state index contributed by atoms with van der Waals surface area (Å²) in [6.07, 6.45) is 4.58. The van der Waals surface area contributed by atoms with E-state index in [0.29, 0.717) is 26.0 Å². The van der Waals surface area contributed by atoms with E-state index in [0.717, 1.165) is 82.2 Å². The molecule has 3 aromatic heterocycles. The highest BCUT2D eigenvalue weighted by Crippen LogP contribution is 2.42. The molecule has 2 aliphatic heterocycles. The Balaban J connectivity index is 1.31. The molecule has 1 aromatic carbocycles. The Morgan fingerprint density at radius 3 is 2.62 bits per heavy atom. The molecule has 3 unspecified atom stereocenters. The molecule has 61 heavy (non-hydrogen) atoms. The van der Waals surface area contributed by atoms with Crippen molar-refractivity contribution in [3.8, 4) is 22.5 Å². The molecule has 332 valence electrons. The van der Waals surface area contributed by atoms with Crippen LogP contribution < -0.4 is 10.7 Å². The normalized spacial score (nSPS) is 16.8. The molecule has 0 saturated carbocycles. The summed E-state index contributed by atoms with van der Waals surface area (Å²) in [5, 5.41) is 8.28. The lowest BCUT2D eigenvalue weighted by Crippen LogP contribution is -2.57. The minimum absolute atomic E-state index is 0.0191. The van der Waals surface area contributed by atoms with E-state index in [4.69, 9.17) is 24.2 Å². The van der Waals surface area contributed by atoms with Crippen LogP contribution in [0.3, 0.4) is 0 Å². The third-order valence-electron chi connectivity index (χ3n) is 11.2. The molecule has 14 nitrogen and oxygen atoms in total. The van der Waals surface area contributed by atoms with Crippen molar-refractivity contribution in [2.45, 2.75) is 97.3 Å².